The van der Waals surface area contributed by atoms with Crippen LogP contribution in [-0.2, 0) is 18.0 Å². The van der Waals surface area contributed by atoms with Gasteiger partial charge in [-0.15, -0.1) is 0 Å². The number of nitrogens with zero attached hydrogens (tertiary/aromatic N) is 1. The summed E-state index contributed by atoms with van der Waals surface area (Å²) in [5.41, 5.74) is 1.82. The van der Waals surface area contributed by atoms with Gasteiger partial charge in [-0.05, 0) is 23.8 Å². The van der Waals surface area contributed by atoms with Crippen molar-refractivity contribution in [3.63, 3.8) is 0 Å². The Morgan fingerprint density at radius 1 is 1.00 bits per heavy atom. The van der Waals surface area contributed by atoms with Crippen LogP contribution in [0.5, 0.6) is 0 Å². The van der Waals surface area contributed by atoms with E-state index >= 15 is 0 Å². The number of ether oxygens (including phenoxy) is 1. The van der Waals surface area contributed by atoms with E-state index in [9.17, 15) is 0 Å². The molecule has 0 aliphatic carbocycles. The molecule has 0 fully saturated rings. The summed E-state index contributed by atoms with van der Waals surface area (Å²) in [5.74, 6) is 0. The molecule has 0 spiro atoms. The standard InChI is InChI=1S/C13H10Cl3NO/c14-11-3-1-2-9(6-11)7-18-8-10-4-5-12(15)17-13(10)16/h1-6H,7-8H2. The molecule has 2 rings (SSSR count). The van der Waals surface area contributed by atoms with Crippen LogP contribution >= 0.6 is 34.8 Å². The number of hydrogen-bond donors (Lipinski definition) is 0. The summed E-state index contributed by atoms with van der Waals surface area (Å²) in [6.07, 6.45) is 0. The molecule has 0 amide bonds. The van der Waals surface area contributed by atoms with Crippen LogP contribution in [0.2, 0.25) is 15.3 Å². The van der Waals surface area contributed by atoms with E-state index in [1.54, 1.807) is 12.1 Å². The minimum Gasteiger partial charge on any atom is -0.372 e. The molecule has 0 N–H and O–H groups in total. The molecule has 0 aliphatic rings. The third-order valence-electron chi connectivity index (χ3n) is 2.31. The minimum absolute atomic E-state index is 0.369. The topological polar surface area (TPSA) is 22.1 Å². The van der Waals surface area contributed by atoms with Crippen molar-refractivity contribution in [1.82, 2.24) is 4.98 Å². The smallest absolute Gasteiger partial charge is 0.136 e. The van der Waals surface area contributed by atoms with E-state index in [0.717, 1.165) is 11.1 Å². The minimum atomic E-state index is 0.369. The zero-order valence-corrected chi connectivity index (χ0v) is 11.6. The predicted molar refractivity (Wildman–Crippen MR) is 74.2 cm³/mol. The second-order valence-corrected chi connectivity index (χ2v) is 4.89. The number of pyridine rings is 1. The Bertz CT molecular complexity index is 546. The van der Waals surface area contributed by atoms with Crippen molar-refractivity contribution >= 4 is 34.8 Å². The molecule has 0 unspecified atom stereocenters. The Balaban J connectivity index is 1.92. The summed E-state index contributed by atoms with van der Waals surface area (Å²) in [6, 6.07) is 11.0. The summed E-state index contributed by atoms with van der Waals surface area (Å²) < 4.78 is 5.56. The van der Waals surface area contributed by atoms with Crippen LogP contribution in [-0.4, -0.2) is 4.98 Å². The highest BCUT2D eigenvalue weighted by Gasteiger charge is 2.03. The molecule has 0 saturated heterocycles. The molecule has 2 nitrogen and oxygen atoms in total. The number of rotatable bonds is 4. The van der Waals surface area contributed by atoms with Crippen molar-refractivity contribution < 1.29 is 4.74 Å². The lowest BCUT2D eigenvalue weighted by Gasteiger charge is -2.06. The predicted octanol–water partition coefficient (Wildman–Crippen LogP) is 4.76. The Labute approximate surface area is 120 Å². The first kappa shape index (κ1) is 13.6. The first-order valence-corrected chi connectivity index (χ1v) is 6.41. The van der Waals surface area contributed by atoms with Crippen molar-refractivity contribution in [3.05, 3.63) is 62.9 Å². The van der Waals surface area contributed by atoms with Crippen LogP contribution in [0.25, 0.3) is 0 Å². The second-order valence-electron chi connectivity index (χ2n) is 3.71. The van der Waals surface area contributed by atoms with Gasteiger partial charge in [0.15, 0.2) is 0 Å². The quantitative estimate of drug-likeness (QED) is 0.760. The highest BCUT2D eigenvalue weighted by atomic mass is 35.5. The third-order valence-corrected chi connectivity index (χ3v) is 3.08. The maximum Gasteiger partial charge on any atom is 0.136 e. The summed E-state index contributed by atoms with van der Waals surface area (Å²) in [6.45, 7) is 0.856. The van der Waals surface area contributed by atoms with E-state index < -0.39 is 0 Å². The number of aromatic nitrogens is 1. The third kappa shape index (κ3) is 3.85. The number of hydrogen-bond acceptors (Lipinski definition) is 2. The molecule has 0 aliphatic heterocycles. The summed E-state index contributed by atoms with van der Waals surface area (Å²) in [4.78, 5) is 3.94. The molecule has 0 saturated carbocycles. The maximum atomic E-state index is 5.94. The molecule has 0 radical (unpaired) electrons. The zero-order valence-electron chi connectivity index (χ0n) is 9.37. The van der Waals surface area contributed by atoms with Crippen molar-refractivity contribution in [2.45, 2.75) is 13.2 Å². The molecular weight excluding hydrogens is 293 g/mol. The van der Waals surface area contributed by atoms with Gasteiger partial charge in [0.05, 0.1) is 13.2 Å². The SMILES string of the molecule is Clc1cccc(COCc2ccc(Cl)nc2Cl)c1. The van der Waals surface area contributed by atoms with Gasteiger partial charge in [0.25, 0.3) is 0 Å². The van der Waals surface area contributed by atoms with E-state index in [1.165, 1.54) is 0 Å². The largest absolute Gasteiger partial charge is 0.372 e. The van der Waals surface area contributed by atoms with Gasteiger partial charge in [-0.2, -0.15) is 0 Å². The fourth-order valence-corrected chi connectivity index (χ4v) is 2.07. The van der Waals surface area contributed by atoms with Crippen LogP contribution in [0.4, 0.5) is 0 Å². The maximum absolute atomic E-state index is 5.94. The summed E-state index contributed by atoms with van der Waals surface area (Å²) in [7, 11) is 0. The first-order chi connectivity index (χ1) is 8.65. The lowest BCUT2D eigenvalue weighted by atomic mass is 10.2. The van der Waals surface area contributed by atoms with Gasteiger partial charge in [-0.3, -0.25) is 0 Å². The van der Waals surface area contributed by atoms with Crippen molar-refractivity contribution in [3.8, 4) is 0 Å². The first-order valence-electron chi connectivity index (χ1n) is 5.28. The van der Waals surface area contributed by atoms with Crippen LogP contribution in [0.1, 0.15) is 11.1 Å². The Morgan fingerprint density at radius 2 is 1.83 bits per heavy atom. The van der Waals surface area contributed by atoms with E-state index in [1.807, 2.05) is 24.3 Å². The van der Waals surface area contributed by atoms with Crippen LogP contribution in [0.3, 0.4) is 0 Å². The molecule has 0 atom stereocenters. The summed E-state index contributed by atoms with van der Waals surface area (Å²) >= 11 is 17.5. The fourth-order valence-electron chi connectivity index (χ4n) is 1.45. The average Bonchev–Trinajstić information content (AvgIpc) is 2.32. The van der Waals surface area contributed by atoms with Gasteiger partial charge in [0.1, 0.15) is 10.3 Å². The highest BCUT2D eigenvalue weighted by molar-refractivity contribution is 6.32. The lowest BCUT2D eigenvalue weighted by molar-refractivity contribution is 0.107. The summed E-state index contributed by atoms with van der Waals surface area (Å²) in [5, 5.41) is 1.44. The normalized spacial score (nSPS) is 10.6. The van der Waals surface area contributed by atoms with Gasteiger partial charge in [-0.25, -0.2) is 4.98 Å². The molecule has 1 aromatic heterocycles. The number of benzene rings is 1. The molecular formula is C13H10Cl3NO. The van der Waals surface area contributed by atoms with Crippen LogP contribution in [0, 0.1) is 0 Å². The van der Waals surface area contributed by atoms with E-state index in [-0.39, 0.29) is 0 Å². The second kappa shape index (κ2) is 6.39. The van der Waals surface area contributed by atoms with Crippen LogP contribution < -0.4 is 0 Å². The molecule has 5 heteroatoms. The molecule has 1 aromatic carbocycles. The van der Waals surface area contributed by atoms with Gasteiger partial charge in [0, 0.05) is 10.6 Å². The van der Waals surface area contributed by atoms with Gasteiger partial charge in [0.2, 0.25) is 0 Å². The molecule has 2 aromatic rings. The van der Waals surface area contributed by atoms with Crippen molar-refractivity contribution in [1.29, 1.82) is 0 Å². The lowest BCUT2D eigenvalue weighted by Crippen LogP contribution is -1.96. The van der Waals surface area contributed by atoms with E-state index in [4.69, 9.17) is 39.5 Å². The highest BCUT2D eigenvalue weighted by Crippen LogP contribution is 2.18. The number of halogens is 3. The van der Waals surface area contributed by atoms with Gasteiger partial charge in [-0.1, -0.05) is 53.0 Å². The van der Waals surface area contributed by atoms with E-state index in [2.05, 4.69) is 4.98 Å². The molecule has 18 heavy (non-hydrogen) atoms. The molecule has 0 bridgehead atoms. The van der Waals surface area contributed by atoms with E-state index in [0.29, 0.717) is 28.5 Å². The average molecular weight is 303 g/mol. The van der Waals surface area contributed by atoms with Crippen LogP contribution in [0.15, 0.2) is 36.4 Å². The van der Waals surface area contributed by atoms with Crippen molar-refractivity contribution in [2.24, 2.45) is 0 Å². The molecule has 1 heterocycles. The monoisotopic (exact) mass is 301 g/mol. The Morgan fingerprint density at radius 3 is 2.56 bits per heavy atom. The molecule has 94 valence electrons. The van der Waals surface area contributed by atoms with Gasteiger partial charge < -0.3 is 4.74 Å². The Kier molecular flexibility index (Phi) is 4.84. The Hall–Kier alpha value is -0.800. The van der Waals surface area contributed by atoms with Crippen molar-refractivity contribution in [2.75, 3.05) is 0 Å². The van der Waals surface area contributed by atoms with Gasteiger partial charge >= 0.3 is 0 Å². The zero-order chi connectivity index (χ0) is 13.0. The fraction of sp³-hybridized carbons (Fsp3) is 0.154.